The van der Waals surface area contributed by atoms with Crippen molar-refractivity contribution >= 4 is 21.8 Å². The lowest BCUT2D eigenvalue weighted by molar-refractivity contribution is -0.122. The Bertz CT molecular complexity index is 358. The van der Waals surface area contributed by atoms with Gasteiger partial charge in [0.05, 0.1) is 16.6 Å². The van der Waals surface area contributed by atoms with Crippen molar-refractivity contribution in [2.75, 3.05) is 0 Å². The molecular weight excluding hydrogens is 256 g/mol. The van der Waals surface area contributed by atoms with E-state index in [9.17, 15) is 4.79 Å². The number of halogens is 1. The van der Waals surface area contributed by atoms with Crippen LogP contribution in [0.15, 0.2) is 18.2 Å². The molecule has 1 heterocycles. The lowest BCUT2D eigenvalue weighted by atomic mass is 10.2. The number of pyridine rings is 1. The van der Waals surface area contributed by atoms with Gasteiger partial charge in [-0.2, -0.15) is 0 Å². The van der Waals surface area contributed by atoms with Crippen molar-refractivity contribution in [1.82, 2.24) is 10.3 Å². The Morgan fingerprint density at radius 2 is 2.20 bits per heavy atom. The zero-order valence-corrected chi connectivity index (χ0v) is 10.8. The molecule has 3 nitrogen and oxygen atoms in total. The van der Waals surface area contributed by atoms with Crippen LogP contribution in [0.3, 0.4) is 0 Å². The van der Waals surface area contributed by atoms with Gasteiger partial charge in [-0.1, -0.05) is 22.0 Å². The second kappa shape index (κ2) is 4.75. The van der Waals surface area contributed by atoms with Crippen molar-refractivity contribution < 1.29 is 4.79 Å². The third kappa shape index (κ3) is 4.00. The largest absolute Gasteiger partial charge is 0.349 e. The van der Waals surface area contributed by atoms with E-state index in [2.05, 4.69) is 26.2 Å². The van der Waals surface area contributed by atoms with Crippen LogP contribution in [0, 0.1) is 6.92 Å². The first-order chi connectivity index (χ1) is 6.89. The van der Waals surface area contributed by atoms with E-state index < -0.39 is 4.32 Å². The standard InChI is InChI=1S/C11H15BrN2O/c1-8-5-4-6-9(14-8)7-13-10(15)11(2,3)12/h4-6H,7H2,1-3H3,(H,13,15). The molecule has 0 fully saturated rings. The van der Waals surface area contributed by atoms with Gasteiger partial charge < -0.3 is 5.32 Å². The molecule has 1 rings (SSSR count). The average molecular weight is 271 g/mol. The third-order valence-electron chi connectivity index (χ3n) is 1.92. The highest BCUT2D eigenvalue weighted by molar-refractivity contribution is 9.10. The fourth-order valence-corrected chi connectivity index (χ4v) is 1.22. The van der Waals surface area contributed by atoms with E-state index in [1.807, 2.05) is 39.0 Å². The fraction of sp³-hybridized carbons (Fsp3) is 0.455. The van der Waals surface area contributed by atoms with Crippen LogP contribution in [0.2, 0.25) is 0 Å². The van der Waals surface area contributed by atoms with Crippen molar-refractivity contribution in [2.45, 2.75) is 31.6 Å². The summed E-state index contributed by atoms with van der Waals surface area (Å²) in [6.45, 7) is 6.02. The van der Waals surface area contributed by atoms with Crippen molar-refractivity contribution in [3.8, 4) is 0 Å². The van der Waals surface area contributed by atoms with Gasteiger partial charge in [-0.05, 0) is 32.9 Å². The SMILES string of the molecule is Cc1cccc(CNC(=O)C(C)(C)Br)n1. The van der Waals surface area contributed by atoms with Crippen LogP contribution >= 0.6 is 15.9 Å². The number of carbonyl (C=O) groups excluding carboxylic acids is 1. The van der Waals surface area contributed by atoms with Crippen LogP contribution in [-0.2, 0) is 11.3 Å². The number of nitrogens with one attached hydrogen (secondary N) is 1. The van der Waals surface area contributed by atoms with Gasteiger partial charge in [-0.25, -0.2) is 0 Å². The zero-order valence-electron chi connectivity index (χ0n) is 9.17. The molecule has 0 saturated carbocycles. The number of amides is 1. The molecule has 0 atom stereocenters. The van der Waals surface area contributed by atoms with E-state index in [0.717, 1.165) is 11.4 Å². The van der Waals surface area contributed by atoms with Gasteiger partial charge in [0.1, 0.15) is 0 Å². The molecule has 1 aromatic heterocycles. The fourth-order valence-electron chi connectivity index (χ4n) is 1.08. The normalized spacial score (nSPS) is 11.2. The number of hydrogen-bond donors (Lipinski definition) is 1. The number of alkyl halides is 1. The molecule has 0 aliphatic heterocycles. The highest BCUT2D eigenvalue weighted by Crippen LogP contribution is 2.15. The molecule has 82 valence electrons. The van der Waals surface area contributed by atoms with Crippen molar-refractivity contribution in [3.05, 3.63) is 29.6 Å². The molecule has 0 aliphatic carbocycles. The number of rotatable bonds is 3. The van der Waals surface area contributed by atoms with E-state index in [-0.39, 0.29) is 5.91 Å². The van der Waals surface area contributed by atoms with Gasteiger partial charge in [0, 0.05) is 5.69 Å². The molecule has 4 heteroatoms. The first kappa shape index (κ1) is 12.2. The Kier molecular flexibility index (Phi) is 3.85. The summed E-state index contributed by atoms with van der Waals surface area (Å²) >= 11 is 3.30. The Morgan fingerprint density at radius 3 is 2.73 bits per heavy atom. The van der Waals surface area contributed by atoms with E-state index in [0.29, 0.717) is 6.54 Å². The van der Waals surface area contributed by atoms with Gasteiger partial charge in [0.25, 0.3) is 0 Å². The van der Waals surface area contributed by atoms with Crippen molar-refractivity contribution in [1.29, 1.82) is 0 Å². The summed E-state index contributed by atoms with van der Waals surface area (Å²) in [7, 11) is 0. The van der Waals surface area contributed by atoms with Crippen molar-refractivity contribution in [3.63, 3.8) is 0 Å². The maximum absolute atomic E-state index is 11.5. The summed E-state index contributed by atoms with van der Waals surface area (Å²) in [4.78, 5) is 15.8. The summed E-state index contributed by atoms with van der Waals surface area (Å²) < 4.78 is -0.531. The second-order valence-electron chi connectivity index (χ2n) is 3.93. The Labute approximate surface area is 98.4 Å². The number of hydrogen-bond acceptors (Lipinski definition) is 2. The molecule has 0 unspecified atom stereocenters. The maximum Gasteiger partial charge on any atom is 0.236 e. The molecule has 0 aromatic carbocycles. The van der Waals surface area contributed by atoms with Crippen LogP contribution in [0.5, 0.6) is 0 Å². The topological polar surface area (TPSA) is 42.0 Å². The van der Waals surface area contributed by atoms with Crippen LogP contribution in [-0.4, -0.2) is 15.2 Å². The van der Waals surface area contributed by atoms with Gasteiger partial charge in [0.15, 0.2) is 0 Å². The van der Waals surface area contributed by atoms with Crippen LogP contribution in [0.1, 0.15) is 25.2 Å². The molecule has 1 amide bonds. The van der Waals surface area contributed by atoms with Gasteiger partial charge in [0.2, 0.25) is 5.91 Å². The minimum Gasteiger partial charge on any atom is -0.349 e. The summed E-state index contributed by atoms with van der Waals surface area (Å²) in [5.74, 6) is -0.0363. The highest BCUT2D eigenvalue weighted by Gasteiger charge is 2.22. The van der Waals surface area contributed by atoms with Gasteiger partial charge in [-0.3, -0.25) is 9.78 Å². The summed E-state index contributed by atoms with van der Waals surface area (Å²) in [6, 6.07) is 5.76. The van der Waals surface area contributed by atoms with E-state index >= 15 is 0 Å². The first-order valence-electron chi connectivity index (χ1n) is 4.79. The monoisotopic (exact) mass is 270 g/mol. The van der Waals surface area contributed by atoms with Crippen LogP contribution in [0.25, 0.3) is 0 Å². The molecule has 0 radical (unpaired) electrons. The molecule has 0 saturated heterocycles. The molecule has 0 spiro atoms. The second-order valence-corrected chi connectivity index (χ2v) is 5.91. The third-order valence-corrected chi connectivity index (χ3v) is 2.28. The van der Waals surface area contributed by atoms with Crippen LogP contribution < -0.4 is 5.32 Å². The Balaban J connectivity index is 2.55. The predicted molar refractivity (Wildman–Crippen MR) is 63.8 cm³/mol. The van der Waals surface area contributed by atoms with E-state index in [1.54, 1.807) is 0 Å². The number of nitrogens with zero attached hydrogens (tertiary/aromatic N) is 1. The quantitative estimate of drug-likeness (QED) is 0.856. The average Bonchev–Trinajstić information content (AvgIpc) is 2.12. The number of aromatic nitrogens is 1. The lowest BCUT2D eigenvalue weighted by Gasteiger charge is -2.15. The minimum atomic E-state index is -0.531. The zero-order chi connectivity index (χ0) is 11.5. The Hall–Kier alpha value is -0.900. The number of aryl methyl sites for hydroxylation is 1. The van der Waals surface area contributed by atoms with E-state index in [4.69, 9.17) is 0 Å². The van der Waals surface area contributed by atoms with Gasteiger partial charge in [-0.15, -0.1) is 0 Å². The minimum absolute atomic E-state index is 0.0363. The number of carbonyl (C=O) groups is 1. The molecule has 1 N–H and O–H groups in total. The summed E-state index contributed by atoms with van der Waals surface area (Å²) in [5, 5.41) is 2.82. The molecule has 0 aliphatic rings. The maximum atomic E-state index is 11.5. The summed E-state index contributed by atoms with van der Waals surface area (Å²) in [6.07, 6.45) is 0. The van der Waals surface area contributed by atoms with Crippen molar-refractivity contribution in [2.24, 2.45) is 0 Å². The van der Waals surface area contributed by atoms with E-state index in [1.165, 1.54) is 0 Å². The lowest BCUT2D eigenvalue weighted by Crippen LogP contribution is -2.37. The van der Waals surface area contributed by atoms with Crippen LogP contribution in [0.4, 0.5) is 0 Å². The molecule has 15 heavy (non-hydrogen) atoms. The van der Waals surface area contributed by atoms with Gasteiger partial charge >= 0.3 is 0 Å². The predicted octanol–water partition coefficient (Wildman–Crippen LogP) is 2.18. The first-order valence-corrected chi connectivity index (χ1v) is 5.58. The highest BCUT2D eigenvalue weighted by atomic mass is 79.9. The molecule has 1 aromatic rings. The summed E-state index contributed by atoms with van der Waals surface area (Å²) in [5.41, 5.74) is 1.83. The molecular formula is C11H15BrN2O. The molecule has 0 bridgehead atoms. The smallest absolute Gasteiger partial charge is 0.236 e. The Morgan fingerprint density at radius 1 is 1.53 bits per heavy atom.